The highest BCUT2D eigenvalue weighted by Crippen LogP contribution is 2.13. The summed E-state index contributed by atoms with van der Waals surface area (Å²) in [5.41, 5.74) is 1.13. The molecule has 1 aromatic heterocycles. The second-order valence-corrected chi connectivity index (χ2v) is 3.65. The first-order chi connectivity index (χ1) is 7.29. The van der Waals surface area contributed by atoms with Gasteiger partial charge in [0.15, 0.2) is 5.17 Å². The van der Waals surface area contributed by atoms with E-state index >= 15 is 0 Å². The van der Waals surface area contributed by atoms with Crippen LogP contribution in [0, 0.1) is 0 Å². The Kier molecular flexibility index (Phi) is 2.82. The number of rotatable bonds is 1. The summed E-state index contributed by atoms with van der Waals surface area (Å²) in [6, 6.07) is 5.52. The number of aliphatic imine (C=N–C) groups is 1. The summed E-state index contributed by atoms with van der Waals surface area (Å²) in [5, 5.41) is 3.28. The number of aromatic nitrogens is 1. The van der Waals surface area contributed by atoms with E-state index in [1.807, 2.05) is 24.5 Å². The second-order valence-electron chi connectivity index (χ2n) is 2.86. The van der Waals surface area contributed by atoms with Crippen LogP contribution in [0.2, 0.25) is 0 Å². The van der Waals surface area contributed by atoms with Gasteiger partial charge in [-0.25, -0.2) is 4.99 Å². The molecule has 76 valence electrons. The number of hydrogen-bond donors (Lipinski definition) is 1. The molecule has 0 bridgehead atoms. The van der Waals surface area contributed by atoms with E-state index in [1.54, 1.807) is 12.3 Å². The van der Waals surface area contributed by atoms with E-state index in [4.69, 9.17) is 0 Å². The summed E-state index contributed by atoms with van der Waals surface area (Å²) in [4.78, 5) is 19.6. The van der Waals surface area contributed by atoms with Gasteiger partial charge in [-0.2, -0.15) is 0 Å². The molecule has 2 heterocycles. The highest BCUT2D eigenvalue weighted by molar-refractivity contribution is 8.13. The van der Waals surface area contributed by atoms with Crippen molar-refractivity contribution in [3.05, 3.63) is 35.8 Å². The van der Waals surface area contributed by atoms with Gasteiger partial charge >= 0.3 is 0 Å². The van der Waals surface area contributed by atoms with Crippen LogP contribution in [0.15, 0.2) is 35.1 Å². The number of carbonyl (C=O) groups is 1. The van der Waals surface area contributed by atoms with Gasteiger partial charge in [-0.3, -0.25) is 15.1 Å². The van der Waals surface area contributed by atoms with Crippen molar-refractivity contribution in [2.75, 3.05) is 6.26 Å². The molecule has 0 spiro atoms. The molecule has 0 saturated heterocycles. The van der Waals surface area contributed by atoms with Crippen molar-refractivity contribution in [3.8, 4) is 0 Å². The molecule has 5 heteroatoms. The molecule has 1 aliphatic rings. The molecular formula is C10H9N3OS. The number of amidine groups is 1. The summed E-state index contributed by atoms with van der Waals surface area (Å²) in [5.74, 6) is -0.176. The molecule has 0 atom stereocenters. The van der Waals surface area contributed by atoms with Crippen LogP contribution in [0.5, 0.6) is 0 Å². The largest absolute Gasteiger partial charge is 0.300 e. The maximum atomic E-state index is 11.4. The van der Waals surface area contributed by atoms with Gasteiger partial charge < -0.3 is 0 Å². The van der Waals surface area contributed by atoms with Gasteiger partial charge in [0.1, 0.15) is 5.70 Å². The molecule has 1 aromatic rings. The normalized spacial score (nSPS) is 17.8. The number of hydrogen-bond acceptors (Lipinski definition) is 4. The third kappa shape index (κ3) is 2.24. The predicted molar refractivity (Wildman–Crippen MR) is 61.3 cm³/mol. The zero-order valence-corrected chi connectivity index (χ0v) is 8.91. The summed E-state index contributed by atoms with van der Waals surface area (Å²) in [6.45, 7) is 0. The summed E-state index contributed by atoms with van der Waals surface area (Å²) >= 11 is 1.41. The lowest BCUT2D eigenvalue weighted by Crippen LogP contribution is -2.21. The number of nitrogens with one attached hydrogen (secondary N) is 1. The molecule has 1 amide bonds. The Balaban J connectivity index is 2.28. The smallest absolute Gasteiger partial charge is 0.276 e. The van der Waals surface area contributed by atoms with Crippen molar-refractivity contribution >= 4 is 28.9 Å². The third-order valence-corrected chi connectivity index (χ3v) is 2.42. The van der Waals surface area contributed by atoms with Crippen molar-refractivity contribution in [2.24, 2.45) is 4.99 Å². The van der Waals surface area contributed by atoms with Gasteiger partial charge in [-0.1, -0.05) is 17.8 Å². The summed E-state index contributed by atoms with van der Waals surface area (Å²) < 4.78 is 0. The molecular weight excluding hydrogens is 210 g/mol. The van der Waals surface area contributed by atoms with E-state index in [1.165, 1.54) is 11.8 Å². The van der Waals surface area contributed by atoms with Crippen LogP contribution in [0.25, 0.3) is 6.08 Å². The molecule has 2 rings (SSSR count). The third-order valence-electron chi connectivity index (χ3n) is 1.84. The first-order valence-electron chi connectivity index (χ1n) is 4.36. The summed E-state index contributed by atoms with van der Waals surface area (Å²) in [6.07, 6.45) is 5.21. The number of pyridine rings is 1. The van der Waals surface area contributed by atoms with Gasteiger partial charge in [0.2, 0.25) is 0 Å². The van der Waals surface area contributed by atoms with Crippen molar-refractivity contribution in [1.82, 2.24) is 10.3 Å². The molecule has 0 radical (unpaired) electrons. The Labute approximate surface area is 91.5 Å². The van der Waals surface area contributed by atoms with E-state index < -0.39 is 0 Å². The number of thioether (sulfide) groups is 1. The fourth-order valence-corrected chi connectivity index (χ4v) is 1.53. The predicted octanol–water partition coefficient (Wildman–Crippen LogP) is 1.27. The second kappa shape index (κ2) is 4.27. The zero-order valence-electron chi connectivity index (χ0n) is 8.10. The van der Waals surface area contributed by atoms with Gasteiger partial charge in [-0.15, -0.1) is 0 Å². The molecule has 0 saturated carbocycles. The van der Waals surface area contributed by atoms with Crippen LogP contribution in [0.1, 0.15) is 5.69 Å². The topological polar surface area (TPSA) is 54.4 Å². The van der Waals surface area contributed by atoms with E-state index in [2.05, 4.69) is 15.3 Å². The lowest BCUT2D eigenvalue weighted by molar-refractivity contribution is -0.115. The quantitative estimate of drug-likeness (QED) is 0.724. The standard InChI is InChI=1S/C10H9N3OS/c1-15-10-12-8(9(14)13-10)6-7-4-2-3-5-11-7/h2-6H,1H3,(H,12,13,14)/b8-6-. The van der Waals surface area contributed by atoms with Gasteiger partial charge in [-0.05, 0) is 24.5 Å². The van der Waals surface area contributed by atoms with Gasteiger partial charge in [0.25, 0.3) is 5.91 Å². The van der Waals surface area contributed by atoms with E-state index in [9.17, 15) is 4.79 Å². The van der Waals surface area contributed by atoms with Crippen LogP contribution in [0.3, 0.4) is 0 Å². The van der Waals surface area contributed by atoms with Crippen LogP contribution in [-0.2, 0) is 4.79 Å². The number of amides is 1. The van der Waals surface area contributed by atoms with E-state index in [0.29, 0.717) is 10.9 Å². The van der Waals surface area contributed by atoms with E-state index in [-0.39, 0.29) is 5.91 Å². The minimum Gasteiger partial charge on any atom is -0.300 e. The van der Waals surface area contributed by atoms with Gasteiger partial charge in [0.05, 0.1) is 5.69 Å². The van der Waals surface area contributed by atoms with Gasteiger partial charge in [0, 0.05) is 6.20 Å². The Bertz CT molecular complexity index is 439. The molecule has 0 unspecified atom stereocenters. The van der Waals surface area contributed by atoms with Crippen LogP contribution in [-0.4, -0.2) is 22.3 Å². The van der Waals surface area contributed by atoms with Crippen molar-refractivity contribution < 1.29 is 4.79 Å². The lowest BCUT2D eigenvalue weighted by atomic mass is 10.3. The first-order valence-corrected chi connectivity index (χ1v) is 5.59. The molecule has 4 nitrogen and oxygen atoms in total. The van der Waals surface area contributed by atoms with Crippen molar-refractivity contribution in [3.63, 3.8) is 0 Å². The first kappa shape index (κ1) is 9.92. The maximum absolute atomic E-state index is 11.4. The Morgan fingerprint density at radius 2 is 2.33 bits per heavy atom. The fraction of sp³-hybridized carbons (Fsp3) is 0.100. The minimum absolute atomic E-state index is 0.176. The fourth-order valence-electron chi connectivity index (χ4n) is 1.15. The van der Waals surface area contributed by atoms with E-state index in [0.717, 1.165) is 5.69 Å². The minimum atomic E-state index is -0.176. The van der Waals surface area contributed by atoms with Crippen LogP contribution < -0.4 is 5.32 Å². The van der Waals surface area contributed by atoms with Crippen LogP contribution >= 0.6 is 11.8 Å². The molecule has 0 fully saturated rings. The highest BCUT2D eigenvalue weighted by atomic mass is 32.2. The number of carbonyl (C=O) groups excluding carboxylic acids is 1. The Morgan fingerprint density at radius 3 is 2.93 bits per heavy atom. The average molecular weight is 219 g/mol. The molecule has 1 N–H and O–H groups in total. The van der Waals surface area contributed by atoms with Crippen molar-refractivity contribution in [1.29, 1.82) is 0 Å². The van der Waals surface area contributed by atoms with Crippen molar-refractivity contribution in [2.45, 2.75) is 0 Å². The average Bonchev–Trinajstić information content (AvgIpc) is 2.61. The molecule has 1 aliphatic heterocycles. The highest BCUT2D eigenvalue weighted by Gasteiger charge is 2.18. The number of nitrogens with zero attached hydrogens (tertiary/aromatic N) is 2. The SMILES string of the molecule is CSC1=N/C(=C\c2ccccn2)C(=O)N1. The van der Waals surface area contributed by atoms with Crippen LogP contribution in [0.4, 0.5) is 0 Å². The monoisotopic (exact) mass is 219 g/mol. The Morgan fingerprint density at radius 1 is 1.47 bits per heavy atom. The lowest BCUT2D eigenvalue weighted by Gasteiger charge is -1.92. The molecule has 0 aliphatic carbocycles. The Hall–Kier alpha value is -1.62. The zero-order chi connectivity index (χ0) is 10.7. The molecule has 15 heavy (non-hydrogen) atoms. The maximum Gasteiger partial charge on any atom is 0.276 e. The summed E-state index contributed by atoms with van der Waals surface area (Å²) in [7, 11) is 0. The molecule has 0 aromatic carbocycles.